The average Bonchev–Trinajstić information content (AvgIpc) is 2.77. The number of halogens is 2. The lowest BCUT2D eigenvalue weighted by atomic mass is 9.86. The van der Waals surface area contributed by atoms with Gasteiger partial charge in [-0.05, 0) is 57.3 Å². The van der Waals surface area contributed by atoms with Gasteiger partial charge in [-0.15, -0.1) is 0 Å². The Labute approximate surface area is 163 Å². The third kappa shape index (κ3) is 2.70. The molecule has 22 heavy (non-hydrogen) atoms. The van der Waals surface area contributed by atoms with Gasteiger partial charge in [-0.2, -0.15) is 5.26 Å². The van der Waals surface area contributed by atoms with Gasteiger partial charge in [-0.3, -0.25) is 4.79 Å². The minimum absolute atomic E-state index is 0.0466. The van der Waals surface area contributed by atoms with Crippen LogP contribution in [-0.4, -0.2) is 15.5 Å². The maximum Gasteiger partial charge on any atom is 0.239 e. The Balaban J connectivity index is 2.21. The van der Waals surface area contributed by atoms with Gasteiger partial charge in [-0.1, -0.05) is 24.0 Å². The molecule has 9 heteroatoms. The number of nitrogens with two attached hydrogens (primary N) is 1. The molecule has 1 amide bonds. The molecular formula is C13H7I2N3O2S2. The number of nitrogens with zero attached hydrogens (tertiary/aromatic N) is 1. The quantitative estimate of drug-likeness (QED) is 0.410. The van der Waals surface area contributed by atoms with Gasteiger partial charge in [-0.25, -0.2) is 0 Å². The molecule has 0 aromatic heterocycles. The Kier molecular flexibility index (Phi) is 4.54. The zero-order valence-electron chi connectivity index (χ0n) is 10.7. The molecule has 2 aliphatic heterocycles. The molecule has 1 aromatic rings. The zero-order chi connectivity index (χ0) is 16.0. The van der Waals surface area contributed by atoms with Crippen molar-refractivity contribution < 1.29 is 9.53 Å². The summed E-state index contributed by atoms with van der Waals surface area (Å²) in [5, 5.41) is 11.6. The molecule has 2 aliphatic rings. The lowest BCUT2D eigenvalue weighted by molar-refractivity contribution is -0.119. The van der Waals surface area contributed by atoms with Crippen molar-refractivity contribution in [3.8, 4) is 11.8 Å². The van der Waals surface area contributed by atoms with Crippen molar-refractivity contribution in [3.63, 3.8) is 0 Å². The second kappa shape index (κ2) is 6.14. The van der Waals surface area contributed by atoms with Gasteiger partial charge in [0.1, 0.15) is 21.4 Å². The molecule has 1 fully saturated rings. The van der Waals surface area contributed by atoms with Gasteiger partial charge in [0.2, 0.25) is 11.8 Å². The highest BCUT2D eigenvalue weighted by molar-refractivity contribution is 14.1. The molecule has 3 rings (SSSR count). The Morgan fingerprint density at radius 2 is 2.18 bits per heavy atom. The maximum atomic E-state index is 12.2. The van der Waals surface area contributed by atoms with E-state index >= 15 is 0 Å². The summed E-state index contributed by atoms with van der Waals surface area (Å²) in [4.78, 5) is 12.2. The number of amides is 1. The lowest BCUT2D eigenvalue weighted by Gasteiger charge is -2.29. The highest BCUT2D eigenvalue weighted by Gasteiger charge is 2.43. The van der Waals surface area contributed by atoms with E-state index in [2.05, 4.69) is 56.6 Å². The number of hydrogen-bond donors (Lipinski definition) is 2. The molecule has 0 aliphatic carbocycles. The number of carbonyl (C=O) groups is 1. The number of ether oxygens (including phenoxy) is 1. The highest BCUT2D eigenvalue weighted by Crippen LogP contribution is 2.47. The molecule has 0 bridgehead atoms. The van der Waals surface area contributed by atoms with Crippen molar-refractivity contribution in [2.45, 2.75) is 11.2 Å². The Morgan fingerprint density at radius 3 is 2.77 bits per heavy atom. The van der Waals surface area contributed by atoms with Crippen LogP contribution in [0.25, 0.3) is 0 Å². The normalized spacial score (nSPS) is 23.7. The minimum Gasteiger partial charge on any atom is -0.439 e. The molecule has 0 radical (unpaired) electrons. The standard InChI is InChI=1S/C13H7I2N3O2S2/c14-4-1-5-8(10-12(19)18-13(21)22-10)6(3-16)11(17)20-9(5)7(15)2-4/h1-2,8,10H,17H2,(H,18,19,21). The molecule has 5 nitrogen and oxygen atoms in total. The fourth-order valence-electron chi connectivity index (χ4n) is 2.42. The van der Waals surface area contributed by atoms with Crippen molar-refractivity contribution >= 4 is 79.4 Å². The van der Waals surface area contributed by atoms with Crippen LogP contribution in [0.3, 0.4) is 0 Å². The summed E-state index contributed by atoms with van der Waals surface area (Å²) in [6.07, 6.45) is 0. The molecule has 0 saturated carbocycles. The summed E-state index contributed by atoms with van der Waals surface area (Å²) in [7, 11) is 0. The molecule has 1 aromatic carbocycles. The van der Waals surface area contributed by atoms with Gasteiger partial charge >= 0.3 is 0 Å². The van der Waals surface area contributed by atoms with Crippen LogP contribution in [0.5, 0.6) is 5.75 Å². The molecule has 2 atom stereocenters. The number of allylic oxidation sites excluding steroid dienone is 1. The number of nitrogens with one attached hydrogen (secondary N) is 1. The molecule has 2 heterocycles. The van der Waals surface area contributed by atoms with Crippen LogP contribution in [0.15, 0.2) is 23.6 Å². The first-order chi connectivity index (χ1) is 10.4. The van der Waals surface area contributed by atoms with Crippen LogP contribution in [0, 0.1) is 18.5 Å². The number of thiocarbonyl (C=S) groups is 1. The van der Waals surface area contributed by atoms with Gasteiger partial charge in [0, 0.05) is 15.1 Å². The molecule has 2 unspecified atom stereocenters. The fraction of sp³-hybridized carbons (Fsp3) is 0.154. The van der Waals surface area contributed by atoms with Gasteiger partial charge in [0.05, 0.1) is 9.14 Å². The fourth-order valence-corrected chi connectivity index (χ4v) is 5.81. The van der Waals surface area contributed by atoms with Crippen LogP contribution in [-0.2, 0) is 4.79 Å². The second-order valence-electron chi connectivity index (χ2n) is 4.59. The van der Waals surface area contributed by atoms with E-state index in [1.165, 1.54) is 11.8 Å². The average molecular weight is 555 g/mol. The number of fused-ring (bicyclic) bond motifs is 1. The first-order valence-corrected chi connectivity index (χ1v) is 9.45. The number of carbonyl (C=O) groups excluding carboxylic acids is 1. The van der Waals surface area contributed by atoms with Crippen molar-refractivity contribution in [2.75, 3.05) is 0 Å². The van der Waals surface area contributed by atoms with Gasteiger partial charge < -0.3 is 15.8 Å². The van der Waals surface area contributed by atoms with Crippen molar-refractivity contribution in [3.05, 3.63) is 36.3 Å². The van der Waals surface area contributed by atoms with Crippen LogP contribution in [0.2, 0.25) is 0 Å². The number of rotatable bonds is 1. The first-order valence-electron chi connectivity index (χ1n) is 6.00. The number of thioether (sulfide) groups is 1. The third-order valence-electron chi connectivity index (χ3n) is 3.30. The number of hydrogen-bond acceptors (Lipinski definition) is 6. The van der Waals surface area contributed by atoms with Crippen LogP contribution in [0.4, 0.5) is 0 Å². The Bertz CT molecular complexity index is 788. The molecule has 3 N–H and O–H groups in total. The van der Waals surface area contributed by atoms with E-state index in [4.69, 9.17) is 22.7 Å². The summed E-state index contributed by atoms with van der Waals surface area (Å²) in [6.45, 7) is 0. The molecule has 1 saturated heterocycles. The van der Waals surface area contributed by atoms with Gasteiger partial charge in [0.25, 0.3) is 0 Å². The summed E-state index contributed by atoms with van der Waals surface area (Å²) in [6, 6.07) is 5.95. The van der Waals surface area contributed by atoms with E-state index in [0.29, 0.717) is 10.1 Å². The van der Waals surface area contributed by atoms with E-state index in [1.54, 1.807) is 0 Å². The predicted molar refractivity (Wildman–Crippen MR) is 104 cm³/mol. The van der Waals surface area contributed by atoms with Crippen molar-refractivity contribution in [1.82, 2.24) is 5.32 Å². The second-order valence-corrected chi connectivity index (χ2v) is 8.82. The van der Waals surface area contributed by atoms with Crippen LogP contribution in [0.1, 0.15) is 11.5 Å². The largest absolute Gasteiger partial charge is 0.439 e. The summed E-state index contributed by atoms with van der Waals surface area (Å²) < 4.78 is 7.92. The zero-order valence-corrected chi connectivity index (χ0v) is 16.7. The monoisotopic (exact) mass is 555 g/mol. The van der Waals surface area contributed by atoms with E-state index < -0.39 is 11.2 Å². The first kappa shape index (κ1) is 16.3. The topological polar surface area (TPSA) is 88.1 Å². The van der Waals surface area contributed by atoms with Crippen molar-refractivity contribution in [2.24, 2.45) is 5.73 Å². The lowest BCUT2D eigenvalue weighted by Crippen LogP contribution is -2.33. The third-order valence-corrected chi connectivity index (χ3v) is 6.17. The maximum absolute atomic E-state index is 12.2. The SMILES string of the molecule is N#CC1=C(N)Oc2c(I)cc(I)cc2C1C1SC(=S)NC1=O. The van der Waals surface area contributed by atoms with Crippen LogP contribution < -0.4 is 15.8 Å². The summed E-state index contributed by atoms with van der Waals surface area (Å²) >= 11 is 10.7. The number of benzene rings is 1. The van der Waals surface area contributed by atoms with Crippen molar-refractivity contribution in [1.29, 1.82) is 5.26 Å². The van der Waals surface area contributed by atoms with E-state index in [-0.39, 0.29) is 17.4 Å². The Hall–Kier alpha value is -0.580. The van der Waals surface area contributed by atoms with Crippen LogP contribution >= 0.6 is 69.2 Å². The molecule has 0 spiro atoms. The predicted octanol–water partition coefficient (Wildman–Crippen LogP) is 2.58. The summed E-state index contributed by atoms with van der Waals surface area (Å²) in [5.74, 6) is -0.0243. The number of nitriles is 1. The van der Waals surface area contributed by atoms with E-state index in [0.717, 1.165) is 12.7 Å². The Morgan fingerprint density at radius 1 is 1.45 bits per heavy atom. The highest BCUT2D eigenvalue weighted by atomic mass is 127. The van der Waals surface area contributed by atoms with Gasteiger partial charge in [0.15, 0.2) is 0 Å². The van der Waals surface area contributed by atoms with E-state index in [9.17, 15) is 10.1 Å². The smallest absolute Gasteiger partial charge is 0.239 e. The molecular weight excluding hydrogens is 548 g/mol. The van der Waals surface area contributed by atoms with E-state index in [1.807, 2.05) is 12.1 Å². The molecule has 112 valence electrons. The minimum atomic E-state index is -0.516. The summed E-state index contributed by atoms with van der Waals surface area (Å²) in [5.41, 5.74) is 6.96.